The number of halogens is 2. The van der Waals surface area contributed by atoms with Gasteiger partial charge in [0.1, 0.15) is 36.2 Å². The summed E-state index contributed by atoms with van der Waals surface area (Å²) in [6.45, 7) is 16.3. The van der Waals surface area contributed by atoms with Gasteiger partial charge in [-0.2, -0.15) is 4.98 Å². The number of hydrogen-bond acceptors (Lipinski definition) is 13. The van der Waals surface area contributed by atoms with Crippen LogP contribution in [0, 0.1) is 11.6 Å². The first-order valence-electron chi connectivity index (χ1n) is 22.9. The highest BCUT2D eigenvalue weighted by atomic mass is 31.2. The van der Waals surface area contributed by atoms with Crippen LogP contribution in [-0.2, 0) is 33.4 Å². The van der Waals surface area contributed by atoms with Gasteiger partial charge >= 0.3 is 0 Å². The van der Waals surface area contributed by atoms with Crippen LogP contribution in [0.15, 0.2) is 54.9 Å². The summed E-state index contributed by atoms with van der Waals surface area (Å²) >= 11 is 0. The molecule has 3 N–H and O–H groups in total. The van der Waals surface area contributed by atoms with Crippen molar-refractivity contribution in [2.45, 2.75) is 77.7 Å². The highest BCUT2D eigenvalue weighted by molar-refractivity contribution is 7.71. The van der Waals surface area contributed by atoms with Crippen molar-refractivity contribution in [1.82, 2.24) is 35.1 Å². The number of benzene rings is 3. The molecule has 2 amide bonds. The number of ether oxygens (including phenoxy) is 1. The zero-order valence-corrected chi connectivity index (χ0v) is 38.8. The number of imide groups is 1. The molecule has 0 radical (unpaired) electrons. The van der Waals surface area contributed by atoms with Gasteiger partial charge in [0.15, 0.2) is 0 Å². The van der Waals surface area contributed by atoms with Gasteiger partial charge in [-0.15, -0.1) is 0 Å². The fraction of sp³-hybridized carbons (Fsp3) is 0.458. The van der Waals surface area contributed by atoms with Crippen LogP contribution in [0.3, 0.4) is 0 Å². The number of fused-ring (bicyclic) bond motifs is 1. The minimum absolute atomic E-state index is 0.0647. The van der Waals surface area contributed by atoms with Gasteiger partial charge in [0.2, 0.25) is 17.8 Å². The summed E-state index contributed by atoms with van der Waals surface area (Å²) in [4.78, 5) is 49.7. The third-order valence-electron chi connectivity index (χ3n) is 12.8. The van der Waals surface area contributed by atoms with Crippen LogP contribution in [0.4, 0.5) is 37.6 Å². The van der Waals surface area contributed by atoms with Crippen molar-refractivity contribution in [3.8, 4) is 5.75 Å². The Morgan fingerprint density at radius 2 is 1.62 bits per heavy atom. The summed E-state index contributed by atoms with van der Waals surface area (Å²) < 4.78 is 50.1. The fourth-order valence-corrected chi connectivity index (χ4v) is 10.9. The van der Waals surface area contributed by atoms with Gasteiger partial charge in [0.05, 0.1) is 29.4 Å². The third-order valence-corrected chi connectivity index (χ3v) is 14.4. The number of aryl methyl sites for hydroxylation is 2. The number of nitrogens with one attached hydrogen (secondary N) is 3. The Bertz CT molecular complexity index is 2590. The summed E-state index contributed by atoms with van der Waals surface area (Å²) in [5.41, 5.74) is 4.89. The Morgan fingerprint density at radius 3 is 2.29 bits per heavy atom. The Kier molecular flexibility index (Phi) is 14.1. The monoisotopic (exact) mass is 908 g/mol. The van der Waals surface area contributed by atoms with Crippen molar-refractivity contribution in [3.63, 3.8) is 0 Å². The Labute approximate surface area is 379 Å². The Balaban J connectivity index is 0.874. The van der Waals surface area contributed by atoms with Crippen LogP contribution in [0.2, 0.25) is 0 Å². The molecule has 2 aromatic heterocycles. The predicted molar refractivity (Wildman–Crippen MR) is 252 cm³/mol. The van der Waals surface area contributed by atoms with Crippen molar-refractivity contribution < 1.29 is 27.7 Å². The lowest BCUT2D eigenvalue weighted by Crippen LogP contribution is -2.53. The van der Waals surface area contributed by atoms with E-state index in [0.717, 1.165) is 86.7 Å². The van der Waals surface area contributed by atoms with E-state index in [1.165, 1.54) is 23.4 Å². The molecule has 3 fully saturated rings. The van der Waals surface area contributed by atoms with Gasteiger partial charge in [-0.3, -0.25) is 19.8 Å². The molecule has 3 aromatic carbocycles. The van der Waals surface area contributed by atoms with E-state index < -0.39 is 36.5 Å². The molecule has 3 saturated heterocycles. The molecule has 0 spiro atoms. The number of hydrogen-bond donors (Lipinski definition) is 3. The number of piperidine rings is 2. The number of amides is 2. The maximum absolute atomic E-state index is 15.1. The third kappa shape index (κ3) is 10.5. The smallest absolute Gasteiger partial charge is 0.234 e. The van der Waals surface area contributed by atoms with E-state index in [1.807, 2.05) is 26.0 Å². The molecule has 3 aliphatic heterocycles. The topological polar surface area (TPSA) is 158 Å². The zero-order valence-electron chi connectivity index (χ0n) is 37.9. The largest absolute Gasteiger partial charge is 0.492 e. The molecule has 14 nitrogen and oxygen atoms in total. The van der Waals surface area contributed by atoms with Crippen LogP contribution in [0.25, 0.3) is 10.9 Å². The highest BCUT2D eigenvalue weighted by Crippen LogP contribution is 2.42. The van der Waals surface area contributed by atoms with Gasteiger partial charge < -0.3 is 29.7 Å². The molecule has 1 unspecified atom stereocenters. The number of carbonyl (C=O) groups excluding carboxylic acids is 2. The summed E-state index contributed by atoms with van der Waals surface area (Å²) in [7, 11) is -2.76. The van der Waals surface area contributed by atoms with E-state index in [-0.39, 0.29) is 18.4 Å². The molecule has 0 bridgehead atoms. The Hall–Kier alpha value is -5.57. The van der Waals surface area contributed by atoms with Crippen LogP contribution in [0.5, 0.6) is 5.75 Å². The second-order valence-corrected chi connectivity index (χ2v) is 20.6. The average Bonchev–Trinajstić information content (AvgIpc) is 3.29. The molecular formula is C48H59F2N10O4P. The molecule has 5 aromatic rings. The van der Waals surface area contributed by atoms with Crippen molar-refractivity contribution >= 4 is 64.0 Å². The molecule has 3 aliphatic rings. The summed E-state index contributed by atoms with van der Waals surface area (Å²) in [5, 5.41) is 10.4. The predicted octanol–water partition coefficient (Wildman–Crippen LogP) is 7.31. The number of piperazine rings is 1. The SMILES string of the molecule is CCOc1cc(N2CCC(N3CCN(CCc4cc(F)c(C5CCC(=O)NC5=O)c(F)c4)CC3)CC2)c(CC)cc1Nc1nccc(Nc2ccc3nc(CC)ncc3c2P(C)(C)=O)n1. The van der Waals surface area contributed by atoms with E-state index in [1.54, 1.807) is 31.8 Å². The fourth-order valence-electron chi connectivity index (χ4n) is 9.49. The lowest BCUT2D eigenvalue weighted by atomic mass is 9.89. The number of anilines is 5. The minimum Gasteiger partial charge on any atom is -0.492 e. The quantitative estimate of drug-likeness (QED) is 0.0711. The molecule has 344 valence electrons. The standard InChI is InChI=1S/C48H59F2N10O4P/c1-6-31-27-39(55-48-51-17-13-43(56-48)54-38-11-10-37-34(46(38)65(4,5)63)29-52-42(7-2)53-37)41(64-8-3)28-40(31)60-19-15-32(16-20-60)59-23-21-58(22-24-59)18-14-30-25-35(49)45(36(50)26-30)33-9-12-44(61)57-47(33)62/h10-11,13,17,25-29,32-33H,6-9,12,14-16,18-24H2,1-5H3,(H,57,61,62)(H2,51,54,55,56). The first-order valence-corrected chi connectivity index (χ1v) is 25.5. The number of carbonyl (C=O) groups is 2. The van der Waals surface area contributed by atoms with Gasteiger partial charge in [-0.1, -0.05) is 13.8 Å². The summed E-state index contributed by atoms with van der Waals surface area (Å²) in [6, 6.07) is 13.0. The molecule has 0 aliphatic carbocycles. The molecule has 1 atom stereocenters. The van der Waals surface area contributed by atoms with Gasteiger partial charge in [0.25, 0.3) is 0 Å². The Morgan fingerprint density at radius 1 is 0.862 bits per heavy atom. The second kappa shape index (κ2) is 19.9. The normalized spacial score (nSPS) is 18.0. The molecule has 17 heteroatoms. The molecule has 5 heterocycles. The van der Waals surface area contributed by atoms with E-state index >= 15 is 8.78 Å². The van der Waals surface area contributed by atoms with Crippen LogP contribution in [-0.4, -0.2) is 113 Å². The molecule has 65 heavy (non-hydrogen) atoms. The average molecular weight is 909 g/mol. The maximum atomic E-state index is 15.1. The highest BCUT2D eigenvalue weighted by Gasteiger charge is 2.33. The number of aromatic nitrogens is 4. The van der Waals surface area contributed by atoms with Crippen LogP contribution >= 0.6 is 7.14 Å². The lowest BCUT2D eigenvalue weighted by molar-refractivity contribution is -0.134. The van der Waals surface area contributed by atoms with Gasteiger partial charge in [-0.05, 0) is 99.9 Å². The first-order chi connectivity index (χ1) is 31.3. The van der Waals surface area contributed by atoms with Gasteiger partial charge in [-0.25, -0.2) is 23.7 Å². The maximum Gasteiger partial charge on any atom is 0.234 e. The van der Waals surface area contributed by atoms with Crippen molar-refractivity contribution in [3.05, 3.63) is 89.0 Å². The van der Waals surface area contributed by atoms with Crippen LogP contribution in [0.1, 0.15) is 74.9 Å². The summed E-state index contributed by atoms with van der Waals surface area (Å²) in [5.74, 6) is -1.13. The molecule has 0 saturated carbocycles. The zero-order chi connectivity index (χ0) is 45.8. The summed E-state index contributed by atoms with van der Waals surface area (Å²) in [6.07, 6.45) is 7.73. The van der Waals surface area contributed by atoms with Gasteiger partial charge in [0, 0.05) is 105 Å². The van der Waals surface area contributed by atoms with Crippen molar-refractivity contribution in [2.75, 3.05) is 81.3 Å². The van der Waals surface area contributed by atoms with Crippen LogP contribution < -0.4 is 30.9 Å². The van der Waals surface area contributed by atoms with E-state index in [9.17, 15) is 14.2 Å². The van der Waals surface area contributed by atoms with Crippen molar-refractivity contribution in [1.29, 1.82) is 0 Å². The first kappa shape index (κ1) is 46.0. The van der Waals surface area contributed by atoms with Crippen molar-refractivity contribution in [2.24, 2.45) is 0 Å². The number of nitrogens with zero attached hydrogens (tertiary/aromatic N) is 7. The second-order valence-electron chi connectivity index (χ2n) is 17.5. The van der Waals surface area contributed by atoms with E-state index in [4.69, 9.17) is 9.72 Å². The molecular weight excluding hydrogens is 850 g/mol. The lowest BCUT2D eigenvalue weighted by Gasteiger charge is -2.43. The van der Waals surface area contributed by atoms with E-state index in [2.05, 4.69) is 64.7 Å². The molecule has 8 rings (SSSR count). The number of rotatable bonds is 15. The van der Waals surface area contributed by atoms with E-state index in [0.29, 0.717) is 60.4 Å². The minimum atomic E-state index is -2.76.